The highest BCUT2D eigenvalue weighted by Gasteiger charge is 2.13. The van der Waals surface area contributed by atoms with Gasteiger partial charge in [0.25, 0.3) is 0 Å². The molecule has 162 valence electrons. The van der Waals surface area contributed by atoms with Crippen LogP contribution in [0.5, 0.6) is 0 Å². The molecule has 3 rings (SSSR count). The van der Waals surface area contributed by atoms with E-state index in [-0.39, 0.29) is 5.56 Å². The number of carboxylic acids is 1. The lowest BCUT2D eigenvalue weighted by Gasteiger charge is -2.29. The molecule has 1 amide bonds. The molecule has 6 nitrogen and oxygen atoms in total. The van der Waals surface area contributed by atoms with Crippen molar-refractivity contribution in [1.82, 2.24) is 0 Å². The van der Waals surface area contributed by atoms with Crippen molar-refractivity contribution in [3.05, 3.63) is 54.1 Å². The Morgan fingerprint density at radius 2 is 1.67 bits per heavy atom. The number of piperidine rings is 1. The van der Waals surface area contributed by atoms with Crippen molar-refractivity contribution < 1.29 is 14.7 Å². The van der Waals surface area contributed by atoms with Gasteiger partial charge in [-0.3, -0.25) is 4.79 Å². The van der Waals surface area contributed by atoms with Crippen molar-refractivity contribution in [2.24, 2.45) is 0 Å². The first-order chi connectivity index (χ1) is 14.6. The van der Waals surface area contributed by atoms with Crippen molar-refractivity contribution >= 4 is 29.4 Å². The van der Waals surface area contributed by atoms with Crippen LogP contribution in [0.4, 0.5) is 17.1 Å². The summed E-state index contributed by atoms with van der Waals surface area (Å²) in [6.07, 6.45) is 4.61. The number of nitrogens with zero attached hydrogens (tertiary/aromatic N) is 3. The first kappa shape index (κ1) is 23.3. The number of anilines is 3. The van der Waals surface area contributed by atoms with Gasteiger partial charge in [0.1, 0.15) is 0 Å². The average molecular weight is 412 g/mol. The predicted molar refractivity (Wildman–Crippen MR) is 124 cm³/mol. The molecule has 30 heavy (non-hydrogen) atoms. The Labute approximate surface area is 179 Å². The van der Waals surface area contributed by atoms with Crippen molar-refractivity contribution in [3.8, 4) is 0 Å². The van der Waals surface area contributed by atoms with Gasteiger partial charge in [-0.2, -0.15) is 0 Å². The second kappa shape index (κ2) is 11.9. The SMILES string of the molecule is CC.CN(CCN(C=O)c1ccc(N2CCCCC2)cc1)c1cccc(C(=O)O)c1. The fourth-order valence-electron chi connectivity index (χ4n) is 3.51. The van der Waals surface area contributed by atoms with Crippen LogP contribution >= 0.6 is 0 Å². The third-order valence-corrected chi connectivity index (χ3v) is 5.24. The van der Waals surface area contributed by atoms with Gasteiger partial charge in [-0.25, -0.2) is 4.79 Å². The van der Waals surface area contributed by atoms with Gasteiger partial charge < -0.3 is 19.8 Å². The van der Waals surface area contributed by atoms with E-state index in [0.717, 1.165) is 30.9 Å². The van der Waals surface area contributed by atoms with Crippen LogP contribution in [-0.2, 0) is 4.79 Å². The number of rotatable bonds is 8. The topological polar surface area (TPSA) is 64.1 Å². The van der Waals surface area contributed by atoms with Crippen LogP contribution in [0.15, 0.2) is 48.5 Å². The van der Waals surface area contributed by atoms with Gasteiger partial charge in [-0.1, -0.05) is 19.9 Å². The van der Waals surface area contributed by atoms with Gasteiger partial charge in [0.15, 0.2) is 0 Å². The van der Waals surface area contributed by atoms with E-state index in [1.165, 1.54) is 24.9 Å². The van der Waals surface area contributed by atoms with Crippen molar-refractivity contribution in [1.29, 1.82) is 0 Å². The second-order valence-electron chi connectivity index (χ2n) is 7.14. The van der Waals surface area contributed by atoms with E-state index in [0.29, 0.717) is 13.1 Å². The molecule has 0 atom stereocenters. The summed E-state index contributed by atoms with van der Waals surface area (Å²) >= 11 is 0. The third-order valence-electron chi connectivity index (χ3n) is 5.24. The van der Waals surface area contributed by atoms with Crippen molar-refractivity contribution in [2.45, 2.75) is 33.1 Å². The van der Waals surface area contributed by atoms with Crippen LogP contribution in [0.3, 0.4) is 0 Å². The van der Waals surface area contributed by atoms with Gasteiger partial charge in [0.05, 0.1) is 5.56 Å². The van der Waals surface area contributed by atoms with Crippen LogP contribution in [0, 0.1) is 0 Å². The highest BCUT2D eigenvalue weighted by molar-refractivity contribution is 5.88. The Balaban J connectivity index is 0.00000155. The molecule has 0 radical (unpaired) electrons. The summed E-state index contributed by atoms with van der Waals surface area (Å²) in [4.78, 5) is 28.8. The largest absolute Gasteiger partial charge is 0.478 e. The fraction of sp³-hybridized carbons (Fsp3) is 0.417. The van der Waals surface area contributed by atoms with Crippen LogP contribution in [0.2, 0.25) is 0 Å². The minimum Gasteiger partial charge on any atom is -0.478 e. The molecule has 2 aromatic rings. The summed E-state index contributed by atoms with van der Waals surface area (Å²) in [5.74, 6) is -0.946. The maximum atomic E-state index is 11.6. The number of hydrogen-bond donors (Lipinski definition) is 1. The van der Waals surface area contributed by atoms with Crippen molar-refractivity contribution in [2.75, 3.05) is 47.9 Å². The Kier molecular flexibility index (Phi) is 9.19. The molecule has 0 spiro atoms. The van der Waals surface area contributed by atoms with Crippen molar-refractivity contribution in [3.63, 3.8) is 0 Å². The third kappa shape index (κ3) is 6.24. The number of likely N-dealkylation sites (N-methyl/N-ethyl adjacent to an activating group) is 1. The molecule has 1 fully saturated rings. The molecule has 1 aliphatic rings. The molecular formula is C24H33N3O3. The molecule has 0 aromatic heterocycles. The fourth-order valence-corrected chi connectivity index (χ4v) is 3.51. The number of benzene rings is 2. The van der Waals surface area contributed by atoms with Gasteiger partial charge in [-0.15, -0.1) is 0 Å². The second-order valence-corrected chi connectivity index (χ2v) is 7.14. The zero-order valence-electron chi connectivity index (χ0n) is 18.3. The molecular weight excluding hydrogens is 378 g/mol. The van der Waals surface area contributed by atoms with E-state index in [9.17, 15) is 9.59 Å². The van der Waals surface area contributed by atoms with Gasteiger partial charge in [0.2, 0.25) is 6.41 Å². The number of aromatic carboxylic acids is 1. The molecule has 0 bridgehead atoms. The Morgan fingerprint density at radius 1 is 1.00 bits per heavy atom. The smallest absolute Gasteiger partial charge is 0.335 e. The van der Waals surface area contributed by atoms with E-state index < -0.39 is 5.97 Å². The molecule has 0 unspecified atom stereocenters. The van der Waals surface area contributed by atoms with Crippen LogP contribution in [0.1, 0.15) is 43.5 Å². The van der Waals surface area contributed by atoms with E-state index in [1.54, 1.807) is 23.1 Å². The van der Waals surface area contributed by atoms with E-state index >= 15 is 0 Å². The Morgan fingerprint density at radius 3 is 2.27 bits per heavy atom. The molecule has 1 aliphatic heterocycles. The predicted octanol–water partition coefficient (Wildman–Crippen LogP) is 4.50. The van der Waals surface area contributed by atoms with Gasteiger partial charge in [-0.05, 0) is 61.7 Å². The zero-order valence-corrected chi connectivity index (χ0v) is 18.3. The Hall–Kier alpha value is -3.02. The number of amides is 1. The molecule has 1 N–H and O–H groups in total. The summed E-state index contributed by atoms with van der Waals surface area (Å²) in [7, 11) is 1.89. The molecule has 2 aromatic carbocycles. The van der Waals surface area contributed by atoms with E-state index in [4.69, 9.17) is 5.11 Å². The lowest BCUT2D eigenvalue weighted by Crippen LogP contribution is -2.32. The lowest BCUT2D eigenvalue weighted by molar-refractivity contribution is -0.107. The Bertz CT molecular complexity index is 802. The summed E-state index contributed by atoms with van der Waals surface area (Å²) in [6, 6.07) is 14.9. The summed E-state index contributed by atoms with van der Waals surface area (Å²) in [5.41, 5.74) is 3.14. The monoisotopic (exact) mass is 411 g/mol. The molecule has 1 heterocycles. The minimum absolute atomic E-state index is 0.255. The van der Waals surface area contributed by atoms with E-state index in [2.05, 4.69) is 17.0 Å². The highest BCUT2D eigenvalue weighted by atomic mass is 16.4. The summed E-state index contributed by atoms with van der Waals surface area (Å²) < 4.78 is 0. The quantitative estimate of drug-likeness (QED) is 0.648. The first-order valence-corrected chi connectivity index (χ1v) is 10.7. The van der Waals surface area contributed by atoms with Crippen LogP contribution in [-0.4, -0.2) is 50.7 Å². The highest BCUT2D eigenvalue weighted by Crippen LogP contribution is 2.23. The standard InChI is InChI=1S/C22H27N3O3.C2H6/c1-23(21-7-5-6-18(16-21)22(27)28)14-15-25(17-26)20-10-8-19(9-11-20)24-12-3-2-4-13-24;1-2/h5-11,16-17H,2-4,12-15H2,1H3,(H,27,28);1-2H3. The minimum atomic E-state index is -0.946. The lowest BCUT2D eigenvalue weighted by atomic mass is 10.1. The summed E-state index contributed by atoms with van der Waals surface area (Å²) in [5, 5.41) is 9.14. The van der Waals surface area contributed by atoms with Crippen LogP contribution < -0.4 is 14.7 Å². The molecule has 0 saturated carbocycles. The zero-order chi connectivity index (χ0) is 21.9. The number of carbonyl (C=O) groups is 2. The molecule has 1 saturated heterocycles. The average Bonchev–Trinajstić information content (AvgIpc) is 2.81. The normalized spacial score (nSPS) is 13.1. The summed E-state index contributed by atoms with van der Waals surface area (Å²) in [6.45, 7) is 7.30. The van der Waals surface area contributed by atoms with Gasteiger partial charge >= 0.3 is 5.97 Å². The van der Waals surface area contributed by atoms with Crippen LogP contribution in [0.25, 0.3) is 0 Å². The number of carboxylic acid groups (broad SMARTS) is 1. The number of carbonyl (C=O) groups excluding carboxylic acids is 1. The maximum Gasteiger partial charge on any atom is 0.335 e. The van der Waals surface area contributed by atoms with E-state index in [1.807, 2.05) is 44.0 Å². The maximum absolute atomic E-state index is 11.6. The molecule has 0 aliphatic carbocycles. The van der Waals surface area contributed by atoms with Gasteiger partial charge in [0, 0.05) is 50.3 Å². The number of hydrogen-bond acceptors (Lipinski definition) is 4. The first-order valence-electron chi connectivity index (χ1n) is 10.7. The molecule has 6 heteroatoms.